The van der Waals surface area contributed by atoms with Gasteiger partial charge in [-0.05, 0) is 31.9 Å². The third kappa shape index (κ3) is 4.30. The molecule has 1 aliphatic heterocycles. The number of pyridine rings is 1. The van der Waals surface area contributed by atoms with Crippen LogP contribution in [0.4, 0.5) is 9.93 Å². The van der Waals surface area contributed by atoms with E-state index in [1.807, 2.05) is 18.2 Å². The summed E-state index contributed by atoms with van der Waals surface area (Å²) in [6.07, 6.45) is 3.19. The highest BCUT2D eigenvalue weighted by Crippen LogP contribution is 2.25. The van der Waals surface area contributed by atoms with Gasteiger partial charge in [-0.1, -0.05) is 17.4 Å². The quantitative estimate of drug-likeness (QED) is 0.840. The summed E-state index contributed by atoms with van der Waals surface area (Å²) in [5.74, 6) is -0.508. The van der Waals surface area contributed by atoms with Crippen LogP contribution in [0, 0.1) is 5.92 Å². The Hall–Kier alpha value is -2.55. The molecule has 3 heterocycles. The second-order valence-corrected chi connectivity index (χ2v) is 6.57. The van der Waals surface area contributed by atoms with Gasteiger partial charge in [-0.3, -0.25) is 15.1 Å². The van der Waals surface area contributed by atoms with E-state index < -0.39 is 0 Å². The van der Waals surface area contributed by atoms with Crippen LogP contribution in [0.1, 0.15) is 19.8 Å². The first-order chi connectivity index (χ1) is 12.2. The van der Waals surface area contributed by atoms with E-state index in [1.165, 1.54) is 11.3 Å². The van der Waals surface area contributed by atoms with Crippen molar-refractivity contribution in [2.45, 2.75) is 19.8 Å². The van der Waals surface area contributed by atoms with Crippen molar-refractivity contribution in [1.82, 2.24) is 20.1 Å². The lowest BCUT2D eigenvalue weighted by atomic mass is 9.98. The monoisotopic (exact) mass is 361 g/mol. The fraction of sp³-hybridized carbons (Fsp3) is 0.438. The Labute approximate surface area is 149 Å². The van der Waals surface area contributed by atoms with E-state index in [4.69, 9.17) is 4.74 Å². The lowest BCUT2D eigenvalue weighted by Gasteiger charge is -2.31. The van der Waals surface area contributed by atoms with Crippen molar-refractivity contribution in [3.63, 3.8) is 0 Å². The van der Waals surface area contributed by atoms with Crippen LogP contribution in [0.25, 0.3) is 10.7 Å². The maximum Gasteiger partial charge on any atom is 0.323 e. The number of aromatic nitrogens is 3. The Balaban J connectivity index is 1.60. The number of carbonyl (C=O) groups excluding carboxylic acids is 2. The maximum absolute atomic E-state index is 12.4. The van der Waals surface area contributed by atoms with E-state index in [0.717, 1.165) is 12.8 Å². The third-order valence-electron chi connectivity index (χ3n) is 3.85. The van der Waals surface area contributed by atoms with Gasteiger partial charge in [0.05, 0.1) is 12.5 Å². The Kier molecular flexibility index (Phi) is 5.54. The van der Waals surface area contributed by atoms with E-state index in [-0.39, 0.29) is 17.9 Å². The molecule has 25 heavy (non-hydrogen) atoms. The molecular formula is C16H19N5O3S. The van der Waals surface area contributed by atoms with E-state index >= 15 is 0 Å². The molecule has 9 heteroatoms. The summed E-state index contributed by atoms with van der Waals surface area (Å²) in [4.78, 5) is 30.1. The average molecular weight is 361 g/mol. The van der Waals surface area contributed by atoms with Gasteiger partial charge in [0.2, 0.25) is 5.13 Å². The van der Waals surface area contributed by atoms with E-state index in [0.29, 0.717) is 35.5 Å². The topological polar surface area (TPSA) is 97.3 Å². The standard InChI is InChI=1S/C16H19N5O3S/c1-2-24-14(22)11-6-5-9-21(10-11)16(23)18-15-20-19-13(25-15)12-7-3-4-8-17-12/h3-4,7-8,11H,2,5-6,9-10H2,1H3,(H,18,20,23). The van der Waals surface area contributed by atoms with Crippen LogP contribution < -0.4 is 5.32 Å². The molecule has 1 fully saturated rings. The van der Waals surface area contributed by atoms with Gasteiger partial charge in [0, 0.05) is 19.3 Å². The molecule has 132 valence electrons. The SMILES string of the molecule is CCOC(=O)C1CCCN(C(=O)Nc2nnc(-c3ccccn3)s2)C1. The number of carbonyl (C=O) groups is 2. The molecule has 2 aromatic rings. The molecule has 0 saturated carbocycles. The minimum atomic E-state index is -0.280. The molecule has 0 radical (unpaired) electrons. The summed E-state index contributed by atoms with van der Waals surface area (Å²) in [5, 5.41) is 11.8. The minimum absolute atomic E-state index is 0.242. The predicted molar refractivity (Wildman–Crippen MR) is 93.1 cm³/mol. The number of piperidine rings is 1. The zero-order chi connectivity index (χ0) is 17.6. The van der Waals surface area contributed by atoms with E-state index in [9.17, 15) is 9.59 Å². The number of hydrogen-bond acceptors (Lipinski definition) is 7. The van der Waals surface area contributed by atoms with Gasteiger partial charge in [-0.2, -0.15) is 0 Å². The molecule has 1 saturated heterocycles. The molecule has 0 bridgehead atoms. The summed E-state index contributed by atoms with van der Waals surface area (Å²) in [6, 6.07) is 5.24. The molecule has 1 atom stereocenters. The number of likely N-dealkylation sites (tertiary alicyclic amines) is 1. The number of esters is 1. The number of rotatable bonds is 4. The van der Waals surface area contributed by atoms with Crippen LogP contribution in [0.15, 0.2) is 24.4 Å². The van der Waals surface area contributed by atoms with Crippen molar-refractivity contribution in [3.8, 4) is 10.7 Å². The highest BCUT2D eigenvalue weighted by molar-refractivity contribution is 7.18. The average Bonchev–Trinajstić information content (AvgIpc) is 3.11. The largest absolute Gasteiger partial charge is 0.466 e. The van der Waals surface area contributed by atoms with Crippen molar-refractivity contribution < 1.29 is 14.3 Å². The van der Waals surface area contributed by atoms with Crippen LogP contribution in [0.3, 0.4) is 0 Å². The molecule has 1 aliphatic rings. The lowest BCUT2D eigenvalue weighted by Crippen LogP contribution is -2.44. The van der Waals surface area contributed by atoms with Gasteiger partial charge in [0.25, 0.3) is 0 Å². The smallest absolute Gasteiger partial charge is 0.323 e. The number of anilines is 1. The summed E-state index contributed by atoms with van der Waals surface area (Å²) >= 11 is 1.26. The highest BCUT2D eigenvalue weighted by Gasteiger charge is 2.29. The van der Waals surface area contributed by atoms with Gasteiger partial charge >= 0.3 is 12.0 Å². The zero-order valence-corrected chi connectivity index (χ0v) is 14.7. The van der Waals surface area contributed by atoms with Crippen LogP contribution in [-0.4, -0.2) is 51.8 Å². The molecule has 0 aromatic carbocycles. The number of nitrogens with one attached hydrogen (secondary N) is 1. The predicted octanol–water partition coefficient (Wildman–Crippen LogP) is 2.41. The number of urea groups is 1. The first-order valence-electron chi connectivity index (χ1n) is 8.15. The molecular weight excluding hydrogens is 342 g/mol. The summed E-state index contributed by atoms with van der Waals surface area (Å²) < 4.78 is 5.06. The molecule has 1 N–H and O–H groups in total. The molecule has 3 rings (SSSR count). The van der Waals surface area contributed by atoms with Crippen molar-refractivity contribution in [2.75, 3.05) is 25.0 Å². The number of hydrogen-bond donors (Lipinski definition) is 1. The molecule has 2 aromatic heterocycles. The second-order valence-electron chi connectivity index (χ2n) is 5.59. The second kappa shape index (κ2) is 8.02. The third-order valence-corrected chi connectivity index (χ3v) is 4.71. The molecule has 0 spiro atoms. The first-order valence-corrected chi connectivity index (χ1v) is 8.96. The first kappa shape index (κ1) is 17.3. The van der Waals surface area contributed by atoms with Gasteiger partial charge in [0.15, 0.2) is 5.01 Å². The van der Waals surface area contributed by atoms with E-state index in [2.05, 4.69) is 20.5 Å². The lowest BCUT2D eigenvalue weighted by molar-refractivity contribution is -0.149. The normalized spacial score (nSPS) is 17.2. The van der Waals surface area contributed by atoms with Crippen LogP contribution >= 0.6 is 11.3 Å². The van der Waals surface area contributed by atoms with Crippen molar-refractivity contribution in [1.29, 1.82) is 0 Å². The van der Waals surface area contributed by atoms with Crippen LogP contribution in [0.2, 0.25) is 0 Å². The van der Waals surface area contributed by atoms with Crippen LogP contribution in [-0.2, 0) is 9.53 Å². The fourth-order valence-electron chi connectivity index (χ4n) is 2.65. The summed E-state index contributed by atoms with van der Waals surface area (Å²) in [6.45, 7) is 3.09. The van der Waals surface area contributed by atoms with Crippen LogP contribution in [0.5, 0.6) is 0 Å². The number of amides is 2. The van der Waals surface area contributed by atoms with Gasteiger partial charge < -0.3 is 9.64 Å². The Morgan fingerprint density at radius 2 is 2.28 bits per heavy atom. The molecule has 8 nitrogen and oxygen atoms in total. The van der Waals surface area contributed by atoms with Crippen molar-refractivity contribution in [3.05, 3.63) is 24.4 Å². The van der Waals surface area contributed by atoms with Crippen molar-refractivity contribution >= 4 is 28.5 Å². The number of nitrogens with zero attached hydrogens (tertiary/aromatic N) is 4. The Bertz CT molecular complexity index is 736. The fourth-order valence-corrected chi connectivity index (χ4v) is 3.36. The Morgan fingerprint density at radius 3 is 3.04 bits per heavy atom. The van der Waals surface area contributed by atoms with Gasteiger partial charge in [0.1, 0.15) is 5.69 Å². The van der Waals surface area contributed by atoms with Gasteiger partial charge in [-0.25, -0.2) is 4.79 Å². The molecule has 2 amide bonds. The zero-order valence-electron chi connectivity index (χ0n) is 13.8. The molecule has 0 aliphatic carbocycles. The highest BCUT2D eigenvalue weighted by atomic mass is 32.1. The minimum Gasteiger partial charge on any atom is -0.466 e. The summed E-state index contributed by atoms with van der Waals surface area (Å²) in [5.41, 5.74) is 0.709. The summed E-state index contributed by atoms with van der Waals surface area (Å²) in [7, 11) is 0. The van der Waals surface area contributed by atoms with E-state index in [1.54, 1.807) is 18.0 Å². The van der Waals surface area contributed by atoms with Crippen molar-refractivity contribution in [2.24, 2.45) is 5.92 Å². The van der Waals surface area contributed by atoms with Gasteiger partial charge in [-0.15, -0.1) is 10.2 Å². The molecule has 1 unspecified atom stereocenters. The Morgan fingerprint density at radius 1 is 1.40 bits per heavy atom. The maximum atomic E-state index is 12.4. The number of ether oxygens (including phenoxy) is 1.